The lowest BCUT2D eigenvalue weighted by atomic mass is 9.95. The minimum atomic E-state index is 0.581. The Morgan fingerprint density at radius 3 is 2.41 bits per heavy atom. The minimum Gasteiger partial charge on any atom is -0.497 e. The van der Waals surface area contributed by atoms with Crippen LogP contribution in [0.3, 0.4) is 0 Å². The number of hydrogen-bond acceptors (Lipinski definition) is 1. The number of benzene rings is 2. The lowest BCUT2D eigenvalue weighted by Gasteiger charge is -2.10. The predicted octanol–water partition coefficient (Wildman–Crippen LogP) is 5.45. The third kappa shape index (κ3) is 3.30. The molecule has 0 fully saturated rings. The fourth-order valence-electron chi connectivity index (χ4n) is 3.01. The van der Waals surface area contributed by atoms with Crippen molar-refractivity contribution in [1.82, 2.24) is 0 Å². The Morgan fingerprint density at radius 1 is 1.00 bits per heavy atom. The van der Waals surface area contributed by atoms with Crippen LogP contribution in [0.2, 0.25) is 0 Å². The molecule has 3 rings (SSSR count). The molecule has 0 spiro atoms. The maximum atomic E-state index is 5.19. The van der Waals surface area contributed by atoms with Gasteiger partial charge in [0.25, 0.3) is 0 Å². The van der Waals surface area contributed by atoms with Crippen molar-refractivity contribution in [2.75, 3.05) is 7.11 Å². The van der Waals surface area contributed by atoms with Crippen molar-refractivity contribution in [3.05, 3.63) is 77.9 Å². The zero-order chi connectivity index (χ0) is 15.4. The summed E-state index contributed by atoms with van der Waals surface area (Å²) in [5.41, 5.74) is 4.05. The third-order valence-corrected chi connectivity index (χ3v) is 4.39. The molecular formula is C21H22O. The van der Waals surface area contributed by atoms with Crippen molar-refractivity contribution < 1.29 is 4.74 Å². The predicted molar refractivity (Wildman–Crippen MR) is 93.7 cm³/mol. The number of allylic oxidation sites excluding steroid dienone is 3. The Bertz CT molecular complexity index is 665. The van der Waals surface area contributed by atoms with E-state index in [0.717, 1.165) is 12.2 Å². The van der Waals surface area contributed by atoms with Gasteiger partial charge in [-0.05, 0) is 47.1 Å². The molecule has 0 N–H and O–H groups in total. The van der Waals surface area contributed by atoms with Gasteiger partial charge in [-0.15, -0.1) is 0 Å². The summed E-state index contributed by atoms with van der Waals surface area (Å²) in [5, 5.41) is 0. The second-order valence-electron chi connectivity index (χ2n) is 5.92. The number of hydrogen-bond donors (Lipinski definition) is 0. The molecule has 0 saturated heterocycles. The van der Waals surface area contributed by atoms with E-state index in [1.807, 2.05) is 12.1 Å². The molecule has 2 atom stereocenters. The van der Waals surface area contributed by atoms with Crippen LogP contribution in [-0.4, -0.2) is 7.11 Å². The van der Waals surface area contributed by atoms with Crippen LogP contribution in [-0.2, 0) is 0 Å². The maximum Gasteiger partial charge on any atom is 0.118 e. The van der Waals surface area contributed by atoms with E-state index in [4.69, 9.17) is 4.74 Å². The molecular weight excluding hydrogens is 268 g/mol. The van der Waals surface area contributed by atoms with Gasteiger partial charge in [0.15, 0.2) is 0 Å². The highest BCUT2D eigenvalue weighted by atomic mass is 16.5. The summed E-state index contributed by atoms with van der Waals surface area (Å²) in [7, 11) is 1.70. The van der Waals surface area contributed by atoms with E-state index in [0.29, 0.717) is 11.8 Å². The second-order valence-corrected chi connectivity index (χ2v) is 5.92. The third-order valence-electron chi connectivity index (χ3n) is 4.39. The summed E-state index contributed by atoms with van der Waals surface area (Å²) >= 11 is 0. The zero-order valence-electron chi connectivity index (χ0n) is 13.2. The number of ether oxygens (including phenoxy) is 1. The van der Waals surface area contributed by atoms with Crippen molar-refractivity contribution >= 4 is 11.6 Å². The Morgan fingerprint density at radius 2 is 1.73 bits per heavy atom. The standard InChI is InChI=1S/C21H22O/c1-16-14-20(18-6-4-3-5-7-18)15-19(16)11-8-17-9-12-21(22-2)13-10-17/h3-14,16,19H,15H2,1-2H3/b11-8+/t16-,19-/m1/s1. The zero-order valence-corrected chi connectivity index (χ0v) is 13.2. The summed E-state index contributed by atoms with van der Waals surface area (Å²) in [6.45, 7) is 2.30. The van der Waals surface area contributed by atoms with E-state index >= 15 is 0 Å². The molecule has 1 nitrogen and oxygen atoms in total. The average molecular weight is 290 g/mol. The molecule has 0 unspecified atom stereocenters. The van der Waals surface area contributed by atoms with E-state index in [1.54, 1.807) is 7.11 Å². The normalized spacial score (nSPS) is 21.1. The molecule has 0 radical (unpaired) electrons. The fourth-order valence-corrected chi connectivity index (χ4v) is 3.01. The Balaban J connectivity index is 1.68. The smallest absolute Gasteiger partial charge is 0.118 e. The molecule has 1 aliphatic rings. The van der Waals surface area contributed by atoms with Gasteiger partial charge in [-0.25, -0.2) is 0 Å². The largest absolute Gasteiger partial charge is 0.497 e. The molecule has 1 heteroatoms. The van der Waals surface area contributed by atoms with E-state index in [-0.39, 0.29) is 0 Å². The van der Waals surface area contributed by atoms with E-state index in [2.05, 4.69) is 67.6 Å². The number of methoxy groups -OCH3 is 1. The van der Waals surface area contributed by atoms with Crippen LogP contribution in [0.25, 0.3) is 11.6 Å². The Labute approximate surface area is 133 Å². The van der Waals surface area contributed by atoms with Gasteiger partial charge >= 0.3 is 0 Å². The van der Waals surface area contributed by atoms with Crippen molar-refractivity contribution in [2.24, 2.45) is 11.8 Å². The molecule has 0 bridgehead atoms. The molecule has 2 aromatic carbocycles. The molecule has 0 heterocycles. The molecule has 22 heavy (non-hydrogen) atoms. The first kappa shape index (κ1) is 14.6. The summed E-state index contributed by atoms with van der Waals surface area (Å²) < 4.78 is 5.19. The molecule has 0 aliphatic heterocycles. The average Bonchev–Trinajstić information content (AvgIpc) is 2.95. The second kappa shape index (κ2) is 6.65. The van der Waals surface area contributed by atoms with Gasteiger partial charge in [-0.2, -0.15) is 0 Å². The summed E-state index contributed by atoms with van der Waals surface area (Å²) in [6.07, 6.45) is 8.11. The van der Waals surface area contributed by atoms with Crippen LogP contribution < -0.4 is 4.74 Å². The van der Waals surface area contributed by atoms with E-state index in [9.17, 15) is 0 Å². The minimum absolute atomic E-state index is 0.581. The quantitative estimate of drug-likeness (QED) is 0.727. The lowest BCUT2D eigenvalue weighted by Crippen LogP contribution is -1.99. The van der Waals surface area contributed by atoms with Gasteiger partial charge in [-0.1, -0.05) is 67.6 Å². The van der Waals surface area contributed by atoms with Gasteiger partial charge in [-0.3, -0.25) is 0 Å². The highest BCUT2D eigenvalue weighted by Crippen LogP contribution is 2.37. The van der Waals surface area contributed by atoms with Crippen LogP contribution in [0, 0.1) is 11.8 Å². The highest BCUT2D eigenvalue weighted by Gasteiger charge is 2.22. The SMILES string of the molecule is COc1ccc(/C=C/[C@@H]2CC(c3ccccc3)=C[C@H]2C)cc1. The monoisotopic (exact) mass is 290 g/mol. The van der Waals surface area contributed by atoms with Crippen LogP contribution in [0.1, 0.15) is 24.5 Å². The van der Waals surface area contributed by atoms with Gasteiger partial charge < -0.3 is 4.74 Å². The molecule has 112 valence electrons. The molecule has 1 aliphatic carbocycles. The van der Waals surface area contributed by atoms with Crippen molar-refractivity contribution in [3.8, 4) is 5.75 Å². The molecule has 2 aromatic rings. The summed E-state index contributed by atoms with van der Waals surface area (Å²) in [4.78, 5) is 0. The van der Waals surface area contributed by atoms with Gasteiger partial charge in [0.05, 0.1) is 7.11 Å². The highest BCUT2D eigenvalue weighted by molar-refractivity contribution is 5.68. The molecule has 0 saturated carbocycles. The van der Waals surface area contributed by atoms with Gasteiger partial charge in [0.1, 0.15) is 5.75 Å². The summed E-state index contributed by atoms with van der Waals surface area (Å²) in [6, 6.07) is 18.9. The topological polar surface area (TPSA) is 9.23 Å². The molecule has 0 amide bonds. The van der Waals surface area contributed by atoms with E-state index in [1.165, 1.54) is 16.7 Å². The van der Waals surface area contributed by atoms with Crippen molar-refractivity contribution in [2.45, 2.75) is 13.3 Å². The van der Waals surface area contributed by atoms with Crippen LogP contribution >= 0.6 is 0 Å². The lowest BCUT2D eigenvalue weighted by molar-refractivity contribution is 0.415. The first-order chi connectivity index (χ1) is 10.8. The Kier molecular flexibility index (Phi) is 4.43. The number of rotatable bonds is 4. The van der Waals surface area contributed by atoms with Gasteiger partial charge in [0.2, 0.25) is 0 Å². The summed E-state index contributed by atoms with van der Waals surface area (Å²) in [5.74, 6) is 2.07. The van der Waals surface area contributed by atoms with Crippen molar-refractivity contribution in [1.29, 1.82) is 0 Å². The maximum absolute atomic E-state index is 5.19. The molecule has 0 aromatic heterocycles. The Hall–Kier alpha value is -2.28. The van der Waals surface area contributed by atoms with Gasteiger partial charge in [0, 0.05) is 0 Å². The van der Waals surface area contributed by atoms with Crippen molar-refractivity contribution in [3.63, 3.8) is 0 Å². The van der Waals surface area contributed by atoms with Crippen LogP contribution in [0.15, 0.2) is 66.7 Å². The van der Waals surface area contributed by atoms with Crippen LogP contribution in [0.5, 0.6) is 5.75 Å². The van der Waals surface area contributed by atoms with Crippen LogP contribution in [0.4, 0.5) is 0 Å². The fraction of sp³-hybridized carbons (Fsp3) is 0.238. The first-order valence-corrected chi connectivity index (χ1v) is 7.84. The van der Waals surface area contributed by atoms with E-state index < -0.39 is 0 Å². The first-order valence-electron chi connectivity index (χ1n) is 7.84.